The van der Waals surface area contributed by atoms with E-state index < -0.39 is 30.8 Å². The van der Waals surface area contributed by atoms with Crippen molar-refractivity contribution < 1.29 is 21.9 Å². The fraction of sp³-hybridized carbons (Fsp3) is 0.100. The maximum absolute atomic E-state index is 13.1. The Morgan fingerprint density at radius 1 is 0.828 bits per heavy atom. The third kappa shape index (κ3) is 3.49. The van der Waals surface area contributed by atoms with Crippen LogP contribution in [0.15, 0.2) is 102 Å². The summed E-state index contributed by atoms with van der Waals surface area (Å²) in [4.78, 5) is 2.86. The molecule has 3 aromatic rings. The number of aliphatic hydroxyl groups excluding tert-OH is 1. The molecular weight excluding hydrogens is 430 g/mol. The number of hydrogen-bond acceptors (Lipinski definition) is 5. The summed E-state index contributed by atoms with van der Waals surface area (Å²) in [6.45, 7) is -0.351. The van der Waals surface area contributed by atoms with Crippen molar-refractivity contribution in [3.05, 3.63) is 72.8 Å². The van der Waals surface area contributed by atoms with Crippen molar-refractivity contribution in [2.45, 2.75) is 29.4 Å². The predicted molar refractivity (Wildman–Crippen MR) is 109 cm³/mol. The number of rotatable bonds is 5. The summed E-state index contributed by atoms with van der Waals surface area (Å²) in [6, 6.07) is 20.3. The topological polar surface area (TPSA) is 101 Å². The minimum Gasteiger partial charge on any atom is -0.395 e. The second-order valence-electron chi connectivity index (χ2n) is 6.30. The van der Waals surface area contributed by atoms with Gasteiger partial charge in [-0.05, 0) is 48.5 Å². The fourth-order valence-corrected chi connectivity index (χ4v) is 8.91. The van der Waals surface area contributed by atoms with E-state index in [1.165, 1.54) is 12.1 Å². The first-order chi connectivity index (χ1) is 13.9. The number of fused-ring (bicyclic) bond motifs is 2. The Labute approximate surface area is 172 Å². The number of hydrogen-bond donors (Lipinski definition) is 2. The smallest absolute Gasteiger partial charge is 0.240 e. The lowest BCUT2D eigenvalue weighted by atomic mass is 10.3. The molecule has 1 aliphatic heterocycles. The first kappa shape index (κ1) is 20.1. The van der Waals surface area contributed by atoms with E-state index in [-0.39, 0.29) is 27.8 Å². The molecule has 3 aromatic carbocycles. The average molecular weight is 449 g/mol. The highest BCUT2D eigenvalue weighted by molar-refractivity contribution is 8.00. The van der Waals surface area contributed by atoms with Gasteiger partial charge in [-0.25, -0.2) is 21.6 Å². The van der Waals surface area contributed by atoms with Crippen LogP contribution >= 0.6 is 0 Å². The van der Waals surface area contributed by atoms with Crippen LogP contribution in [0.25, 0.3) is 0 Å². The Morgan fingerprint density at radius 2 is 1.34 bits per heavy atom. The summed E-state index contributed by atoms with van der Waals surface area (Å²) in [5.74, 6) is 0. The Kier molecular flexibility index (Phi) is 5.26. The van der Waals surface area contributed by atoms with Crippen LogP contribution in [0.2, 0.25) is 0 Å². The summed E-state index contributed by atoms with van der Waals surface area (Å²) in [5.41, 5.74) is 0. The van der Waals surface area contributed by atoms with Gasteiger partial charge in [-0.15, -0.1) is 0 Å². The molecular formula is C20H18NO5S3+. The largest absolute Gasteiger partial charge is 0.395 e. The molecule has 0 atom stereocenters. The normalized spacial score (nSPS) is 15.5. The van der Waals surface area contributed by atoms with E-state index in [1.54, 1.807) is 60.7 Å². The molecule has 0 radical (unpaired) electrons. The molecule has 0 aliphatic carbocycles. The summed E-state index contributed by atoms with van der Waals surface area (Å²) >= 11 is 0. The molecule has 0 amide bonds. The molecule has 6 nitrogen and oxygen atoms in total. The molecule has 150 valence electrons. The second-order valence-corrected chi connectivity index (χ2v) is 11.9. The Balaban J connectivity index is 1.84. The highest BCUT2D eigenvalue weighted by Gasteiger charge is 2.44. The van der Waals surface area contributed by atoms with E-state index in [4.69, 9.17) is 5.11 Å². The van der Waals surface area contributed by atoms with Crippen molar-refractivity contribution in [2.75, 3.05) is 13.2 Å². The molecule has 4 rings (SSSR count). The van der Waals surface area contributed by atoms with Crippen LogP contribution in [0.3, 0.4) is 0 Å². The van der Waals surface area contributed by atoms with Crippen LogP contribution in [0.5, 0.6) is 0 Å². The van der Waals surface area contributed by atoms with Crippen molar-refractivity contribution in [1.82, 2.24) is 4.72 Å². The lowest BCUT2D eigenvalue weighted by Crippen LogP contribution is -2.26. The zero-order valence-electron chi connectivity index (χ0n) is 15.1. The van der Waals surface area contributed by atoms with Gasteiger partial charge >= 0.3 is 0 Å². The minimum atomic E-state index is -3.71. The summed E-state index contributed by atoms with van der Waals surface area (Å²) in [5, 5.41) is 8.84. The summed E-state index contributed by atoms with van der Waals surface area (Å²) in [6.07, 6.45) is 0. The Bertz CT molecular complexity index is 1220. The number of benzene rings is 3. The van der Waals surface area contributed by atoms with Crippen molar-refractivity contribution in [3.63, 3.8) is 0 Å². The molecule has 0 saturated carbocycles. The third-order valence-corrected chi connectivity index (χ3v) is 10.4. The van der Waals surface area contributed by atoms with Gasteiger partial charge in [-0.2, -0.15) is 0 Å². The number of sulfonamides is 1. The van der Waals surface area contributed by atoms with Crippen LogP contribution in [0, 0.1) is 0 Å². The Hall–Kier alpha value is -2.17. The van der Waals surface area contributed by atoms with Gasteiger partial charge < -0.3 is 5.11 Å². The molecule has 0 bridgehead atoms. The third-order valence-electron chi connectivity index (χ3n) is 4.49. The van der Waals surface area contributed by atoms with Gasteiger partial charge in [0.25, 0.3) is 0 Å². The molecule has 0 spiro atoms. The lowest BCUT2D eigenvalue weighted by Gasteiger charge is -2.19. The number of nitrogens with one attached hydrogen (secondary N) is 1. The zero-order chi connectivity index (χ0) is 20.6. The average Bonchev–Trinajstić information content (AvgIpc) is 2.73. The maximum atomic E-state index is 13.1. The highest BCUT2D eigenvalue weighted by Crippen LogP contribution is 2.44. The SMILES string of the molecule is O=S(=O)(NCCO)c1ccc([S+]2c3ccccc3S(=O)(=O)c3ccccc32)cc1. The summed E-state index contributed by atoms with van der Waals surface area (Å²) < 4.78 is 52.9. The van der Waals surface area contributed by atoms with E-state index >= 15 is 0 Å². The van der Waals surface area contributed by atoms with Crippen LogP contribution < -0.4 is 4.72 Å². The van der Waals surface area contributed by atoms with E-state index in [2.05, 4.69) is 4.72 Å². The molecule has 29 heavy (non-hydrogen) atoms. The second kappa shape index (κ2) is 7.58. The number of sulfone groups is 1. The summed E-state index contributed by atoms with van der Waals surface area (Å²) in [7, 11) is -8.00. The lowest BCUT2D eigenvalue weighted by molar-refractivity contribution is 0.301. The van der Waals surface area contributed by atoms with Gasteiger partial charge in [0, 0.05) is 6.54 Å². The molecule has 1 heterocycles. The van der Waals surface area contributed by atoms with Gasteiger partial charge in [0.05, 0.1) is 11.5 Å². The van der Waals surface area contributed by atoms with Crippen LogP contribution in [0.4, 0.5) is 0 Å². The van der Waals surface area contributed by atoms with E-state index in [1.807, 2.05) is 0 Å². The Morgan fingerprint density at radius 3 is 1.86 bits per heavy atom. The van der Waals surface area contributed by atoms with Crippen molar-refractivity contribution >= 4 is 30.8 Å². The predicted octanol–water partition coefficient (Wildman–Crippen LogP) is 2.20. The molecule has 0 unspecified atom stereocenters. The minimum absolute atomic E-state index is 0.0624. The van der Waals surface area contributed by atoms with Crippen molar-refractivity contribution in [2.24, 2.45) is 0 Å². The van der Waals surface area contributed by atoms with Gasteiger partial charge in [0.1, 0.15) is 20.7 Å². The van der Waals surface area contributed by atoms with E-state index in [0.717, 1.165) is 4.90 Å². The molecule has 1 aliphatic rings. The quantitative estimate of drug-likeness (QED) is 0.456. The number of aliphatic hydroxyl groups is 1. The van der Waals surface area contributed by atoms with Crippen molar-refractivity contribution in [1.29, 1.82) is 0 Å². The molecule has 0 saturated heterocycles. The first-order valence-electron chi connectivity index (χ1n) is 8.74. The van der Waals surface area contributed by atoms with E-state index in [0.29, 0.717) is 9.79 Å². The zero-order valence-corrected chi connectivity index (χ0v) is 17.6. The molecule has 2 N–H and O–H groups in total. The van der Waals surface area contributed by atoms with E-state index in [9.17, 15) is 16.8 Å². The van der Waals surface area contributed by atoms with Gasteiger partial charge in [0.15, 0.2) is 14.7 Å². The molecule has 9 heteroatoms. The van der Waals surface area contributed by atoms with Crippen molar-refractivity contribution in [3.8, 4) is 0 Å². The van der Waals surface area contributed by atoms with Gasteiger partial charge in [-0.3, -0.25) is 0 Å². The van der Waals surface area contributed by atoms with Crippen LogP contribution in [-0.4, -0.2) is 35.1 Å². The maximum Gasteiger partial charge on any atom is 0.240 e. The van der Waals surface area contributed by atoms with Crippen LogP contribution in [-0.2, 0) is 30.8 Å². The molecule has 0 aromatic heterocycles. The fourth-order valence-electron chi connectivity index (χ4n) is 3.19. The molecule has 0 fully saturated rings. The highest BCUT2D eigenvalue weighted by atomic mass is 32.2. The van der Waals surface area contributed by atoms with Gasteiger partial charge in [0.2, 0.25) is 19.9 Å². The monoisotopic (exact) mass is 448 g/mol. The standard InChI is InChI=1S/C20H18NO5S3/c22-14-13-21-29(25,26)16-11-9-15(10-12-16)27-17-5-1-3-7-19(17)28(23,24)20-8-4-2-6-18(20)27/h1-12,21-22H,13-14H2/q+1. The van der Waals surface area contributed by atoms with Gasteiger partial charge in [-0.1, -0.05) is 24.3 Å². The van der Waals surface area contributed by atoms with Crippen LogP contribution in [0.1, 0.15) is 0 Å². The first-order valence-corrected chi connectivity index (χ1v) is 12.9.